The van der Waals surface area contributed by atoms with Gasteiger partial charge in [-0.05, 0) is 24.3 Å². The molecule has 262 valence electrons. The molecule has 0 radical (unpaired) electrons. The quantitative estimate of drug-likeness (QED) is 0.0597. The van der Waals surface area contributed by atoms with Crippen LogP contribution in [0.2, 0.25) is 0 Å². The monoisotopic (exact) mass is 696 g/mol. The minimum absolute atomic E-state index is 0.0468. The number of anilines is 1. The van der Waals surface area contributed by atoms with Gasteiger partial charge in [0, 0.05) is 18.5 Å². The number of hydrogen-bond acceptors (Lipinski definition) is 19. The molecule has 24 heteroatoms. The maximum absolute atomic E-state index is 16.3. The number of piperidine rings is 1. The van der Waals surface area contributed by atoms with Crippen molar-refractivity contribution in [3.8, 4) is 0 Å². The number of carbonyl (C=O) groups is 3. The van der Waals surface area contributed by atoms with Crippen LogP contribution in [0.25, 0.3) is 0 Å². The third-order valence-corrected chi connectivity index (χ3v) is 8.74. The number of benzene rings is 2. The highest BCUT2D eigenvalue weighted by molar-refractivity contribution is 6.16. The Labute approximate surface area is 273 Å². The molecule has 13 N–H and O–H groups in total. The fourth-order valence-corrected chi connectivity index (χ4v) is 6.23. The van der Waals surface area contributed by atoms with Crippen LogP contribution in [0.3, 0.4) is 0 Å². The van der Waals surface area contributed by atoms with Gasteiger partial charge in [-0.15, -0.1) is 0 Å². The molecule has 4 aliphatic heterocycles. The summed E-state index contributed by atoms with van der Waals surface area (Å²) in [5.41, 5.74) is -14.3. The highest BCUT2D eigenvalue weighted by Gasteiger charge is 2.80. The van der Waals surface area contributed by atoms with Gasteiger partial charge in [0.05, 0.1) is 22.3 Å². The lowest BCUT2D eigenvalue weighted by atomic mass is 9.77. The van der Waals surface area contributed by atoms with Crippen molar-refractivity contribution < 1.29 is 89.5 Å². The molecule has 6 rings (SSSR count). The summed E-state index contributed by atoms with van der Waals surface area (Å²) in [6.07, 6.45) is -1.27. The minimum Gasteiger partial charge on any atom is -0.375 e. The van der Waals surface area contributed by atoms with Gasteiger partial charge in [-0.3, -0.25) is 24.4 Å². The molecule has 5 unspecified atom stereocenters. The average Bonchev–Trinajstić information content (AvgIpc) is 3.38. The van der Waals surface area contributed by atoms with E-state index in [0.717, 1.165) is 24.3 Å². The molecule has 0 spiro atoms. The van der Waals surface area contributed by atoms with E-state index in [0.29, 0.717) is 27.8 Å². The number of rotatable bonds is 5. The lowest BCUT2D eigenvalue weighted by Crippen LogP contribution is -2.85. The van der Waals surface area contributed by atoms with Crippen molar-refractivity contribution in [1.82, 2.24) is 15.1 Å². The van der Waals surface area contributed by atoms with Crippen LogP contribution < -0.4 is 10.6 Å². The van der Waals surface area contributed by atoms with E-state index in [1.807, 2.05) is 5.32 Å². The van der Waals surface area contributed by atoms with Gasteiger partial charge in [0.1, 0.15) is 5.82 Å². The van der Waals surface area contributed by atoms with Crippen LogP contribution in [-0.4, -0.2) is 128 Å². The molecule has 21 nitrogen and oxygen atoms in total. The summed E-state index contributed by atoms with van der Waals surface area (Å²) in [6, 6.07) is 5.29. The van der Waals surface area contributed by atoms with Gasteiger partial charge >= 0.3 is 11.9 Å². The van der Waals surface area contributed by atoms with Crippen molar-refractivity contribution in [3.05, 3.63) is 64.5 Å². The fraction of sp³-hybridized carbons (Fsp3) is 0.400. The van der Waals surface area contributed by atoms with Gasteiger partial charge in [-0.1, -0.05) is 12.1 Å². The Morgan fingerprint density at radius 1 is 0.918 bits per heavy atom. The lowest BCUT2D eigenvalue weighted by Gasteiger charge is -2.57. The molecule has 0 bridgehead atoms. The number of carbonyl (C=O) groups excluding carboxylic acids is 3. The maximum atomic E-state index is 16.3. The fourth-order valence-electron chi connectivity index (χ4n) is 6.23. The number of fused-ring (bicyclic) bond motifs is 2. The molecule has 3 fully saturated rings. The van der Waals surface area contributed by atoms with Crippen LogP contribution in [0.15, 0.2) is 36.4 Å². The predicted octanol–water partition coefficient (Wildman–Crippen LogP) is -8.05. The van der Waals surface area contributed by atoms with Gasteiger partial charge in [0.15, 0.2) is 27.0 Å². The number of morpholine rings is 1. The summed E-state index contributed by atoms with van der Waals surface area (Å²) in [4.78, 5) is 46.5. The van der Waals surface area contributed by atoms with Crippen molar-refractivity contribution >= 4 is 39.1 Å². The Morgan fingerprint density at radius 2 is 1.55 bits per heavy atom. The van der Waals surface area contributed by atoms with E-state index < -0.39 is 111 Å². The number of nitrogens with one attached hydrogen (secondary N) is 2. The van der Waals surface area contributed by atoms with Gasteiger partial charge in [0.25, 0.3) is 29.5 Å². The highest BCUT2D eigenvalue weighted by atomic mass is 19.1. The Hall–Kier alpha value is -3.69. The Morgan fingerprint density at radius 3 is 2.18 bits per heavy atom. The van der Waals surface area contributed by atoms with E-state index in [1.54, 1.807) is 5.32 Å². The topological polar surface area (TPSA) is 332 Å². The third-order valence-electron chi connectivity index (χ3n) is 8.74. The van der Waals surface area contributed by atoms with Crippen molar-refractivity contribution in [3.63, 3.8) is 0 Å². The van der Waals surface area contributed by atoms with Crippen LogP contribution in [0, 0.1) is 5.82 Å². The minimum atomic E-state index is -3.83. The number of ether oxygens (including phenoxy) is 1. The zero-order valence-corrected chi connectivity index (χ0v) is 25.0. The molecule has 0 saturated carbocycles. The first-order valence-corrected chi connectivity index (χ1v) is 14.0. The highest BCUT2D eigenvalue weighted by Crippen LogP contribution is 2.54. The number of nitrogens with zero attached hydrogens (tertiary/aromatic N) is 2. The Kier molecular flexibility index (Phi) is 7.31. The van der Waals surface area contributed by atoms with E-state index in [1.165, 1.54) is 0 Å². The zero-order chi connectivity index (χ0) is 36.5. The van der Waals surface area contributed by atoms with Gasteiger partial charge in [-0.2, -0.15) is 14.7 Å². The molecular formula is C25H27B2FN4O17. The second kappa shape index (κ2) is 10.2. The number of imide groups is 1. The lowest BCUT2D eigenvalue weighted by molar-refractivity contribution is -0.564. The second-order valence-electron chi connectivity index (χ2n) is 12.1. The molecule has 2 aromatic carbocycles. The molecule has 2 aromatic rings. The summed E-state index contributed by atoms with van der Waals surface area (Å²) in [5.74, 6) is -23.7. The SMILES string of the molecule is BC1(O)OC(O)(O)C(B)(O)N2C(O)(c3cccc(C(O)(O)Nc4cccc5c4C(O)(O)N(C4(O)CCC(=O)NC4=O)C5=O)c3F)OOC21O. The Balaban J connectivity index is 1.40. The molecule has 3 saturated heterocycles. The number of amides is 3. The van der Waals surface area contributed by atoms with Crippen LogP contribution in [-0.2, 0) is 41.8 Å². The summed E-state index contributed by atoms with van der Waals surface area (Å²) >= 11 is 0. The molecule has 49 heavy (non-hydrogen) atoms. The van der Waals surface area contributed by atoms with E-state index in [-0.39, 0.29) is 9.80 Å². The number of hydrogen-bond donors (Lipinski definition) is 13. The number of aliphatic hydroxyl groups is 11. The maximum Gasteiger partial charge on any atom is 0.316 e. The molecule has 4 heterocycles. The predicted molar refractivity (Wildman–Crippen MR) is 150 cm³/mol. The normalized spacial score (nSPS) is 35.6. The molecule has 0 aliphatic carbocycles. The van der Waals surface area contributed by atoms with Crippen LogP contribution in [0.5, 0.6) is 0 Å². The second-order valence-corrected chi connectivity index (χ2v) is 12.1. The molecule has 0 aromatic heterocycles. The zero-order valence-electron chi connectivity index (χ0n) is 25.0. The summed E-state index contributed by atoms with van der Waals surface area (Å²) in [7, 11) is 1.10. The van der Waals surface area contributed by atoms with E-state index in [4.69, 9.17) is 4.89 Å². The van der Waals surface area contributed by atoms with Gasteiger partial charge in [-0.25, -0.2) is 9.29 Å². The first-order chi connectivity index (χ1) is 22.3. The average molecular weight is 696 g/mol. The standard InChI is InChI=1S/C25H27B2FN4O17/c26-22(42)25(45,46)47-23(27,43)24(44)32(22)21(41,48-49-24)11-5-2-4-10(15(11)28)19(37,38)30-12-6-1-3-9-14(12)20(39,40)31(16(9)34)18(36)8-7-13(33)29-17(18)35/h1-6,30,36-46H,7-8,26-27H2,(H,29,33,35). The Bertz CT molecular complexity index is 1810. The van der Waals surface area contributed by atoms with Gasteiger partial charge < -0.3 is 61.5 Å². The van der Waals surface area contributed by atoms with E-state index in [2.05, 4.69) is 9.62 Å². The summed E-state index contributed by atoms with van der Waals surface area (Å²) in [5, 5.41) is 124. The van der Waals surface area contributed by atoms with Crippen molar-refractivity contribution in [2.24, 2.45) is 0 Å². The van der Waals surface area contributed by atoms with Crippen molar-refractivity contribution in [1.29, 1.82) is 0 Å². The summed E-state index contributed by atoms with van der Waals surface area (Å²) < 4.78 is 20.8. The van der Waals surface area contributed by atoms with E-state index in [9.17, 15) is 70.6 Å². The van der Waals surface area contributed by atoms with Gasteiger partial charge in [0.2, 0.25) is 11.6 Å². The smallest absolute Gasteiger partial charge is 0.316 e. The molecule has 5 atom stereocenters. The number of halogens is 1. The van der Waals surface area contributed by atoms with Crippen LogP contribution in [0.4, 0.5) is 10.1 Å². The summed E-state index contributed by atoms with van der Waals surface area (Å²) in [6.45, 7) is 0. The largest absolute Gasteiger partial charge is 0.375 e. The first kappa shape index (κ1) is 35.1. The molecular weight excluding hydrogens is 669 g/mol. The first-order valence-electron chi connectivity index (χ1n) is 14.0. The van der Waals surface area contributed by atoms with Crippen LogP contribution >= 0.6 is 0 Å². The third kappa shape index (κ3) is 4.53. The van der Waals surface area contributed by atoms with E-state index >= 15 is 4.39 Å². The molecule has 4 aliphatic rings. The van der Waals surface area contributed by atoms with Crippen molar-refractivity contribution in [2.45, 2.75) is 59.5 Å². The molecule has 3 amide bonds. The van der Waals surface area contributed by atoms with Crippen LogP contribution in [0.1, 0.15) is 39.9 Å². The van der Waals surface area contributed by atoms with Crippen molar-refractivity contribution in [2.75, 3.05) is 5.32 Å².